The Morgan fingerprint density at radius 2 is 1.81 bits per heavy atom. The zero-order valence-electron chi connectivity index (χ0n) is 12.8. The van der Waals surface area contributed by atoms with Crippen LogP contribution in [0, 0.1) is 13.8 Å². The molecule has 0 fully saturated rings. The highest BCUT2D eigenvalue weighted by Crippen LogP contribution is 2.05. The summed E-state index contributed by atoms with van der Waals surface area (Å²) in [5.74, 6) is 0. The molecule has 21 heavy (non-hydrogen) atoms. The quantitative estimate of drug-likeness (QED) is 0.833. The van der Waals surface area contributed by atoms with Crippen molar-refractivity contribution in [1.29, 1.82) is 0 Å². The van der Waals surface area contributed by atoms with Gasteiger partial charge in [0.05, 0.1) is 5.69 Å². The number of benzene rings is 1. The van der Waals surface area contributed by atoms with Crippen LogP contribution < -0.4 is 10.6 Å². The SMILES string of the molecule is CCn1cc(CNC(=S)NCc2ccc(C)cc2)c(C)n1. The molecule has 4 nitrogen and oxygen atoms in total. The molecule has 0 aliphatic carbocycles. The van der Waals surface area contributed by atoms with Crippen LogP contribution in [0.1, 0.15) is 29.3 Å². The van der Waals surface area contributed by atoms with Gasteiger partial charge in [-0.15, -0.1) is 0 Å². The molecule has 0 atom stereocenters. The maximum absolute atomic E-state index is 5.31. The molecule has 0 radical (unpaired) electrons. The molecule has 0 aliphatic rings. The van der Waals surface area contributed by atoms with Gasteiger partial charge >= 0.3 is 0 Å². The van der Waals surface area contributed by atoms with Gasteiger partial charge in [-0.2, -0.15) is 5.10 Å². The van der Waals surface area contributed by atoms with Gasteiger partial charge in [0.1, 0.15) is 0 Å². The summed E-state index contributed by atoms with van der Waals surface area (Å²) < 4.78 is 1.94. The lowest BCUT2D eigenvalue weighted by Crippen LogP contribution is -2.34. The van der Waals surface area contributed by atoms with E-state index in [-0.39, 0.29) is 0 Å². The summed E-state index contributed by atoms with van der Waals surface area (Å²) in [4.78, 5) is 0. The van der Waals surface area contributed by atoms with Gasteiger partial charge in [-0.1, -0.05) is 29.8 Å². The number of nitrogens with zero attached hydrogens (tertiary/aromatic N) is 2. The van der Waals surface area contributed by atoms with Gasteiger partial charge in [0.15, 0.2) is 5.11 Å². The minimum atomic E-state index is 0.666. The fourth-order valence-corrected chi connectivity index (χ4v) is 2.17. The van der Waals surface area contributed by atoms with E-state index in [0.717, 1.165) is 18.8 Å². The van der Waals surface area contributed by atoms with E-state index in [0.29, 0.717) is 11.7 Å². The van der Waals surface area contributed by atoms with E-state index in [1.54, 1.807) is 0 Å². The van der Waals surface area contributed by atoms with Crippen molar-refractivity contribution in [3.63, 3.8) is 0 Å². The summed E-state index contributed by atoms with van der Waals surface area (Å²) in [6, 6.07) is 8.44. The van der Waals surface area contributed by atoms with Crippen LogP contribution in [-0.4, -0.2) is 14.9 Å². The lowest BCUT2D eigenvalue weighted by Gasteiger charge is -2.10. The number of hydrogen-bond acceptors (Lipinski definition) is 2. The predicted molar refractivity (Wildman–Crippen MR) is 90.1 cm³/mol. The number of nitrogens with one attached hydrogen (secondary N) is 2. The first-order valence-electron chi connectivity index (χ1n) is 7.18. The highest BCUT2D eigenvalue weighted by Gasteiger charge is 2.04. The van der Waals surface area contributed by atoms with E-state index >= 15 is 0 Å². The summed E-state index contributed by atoms with van der Waals surface area (Å²) in [6.07, 6.45) is 2.06. The highest BCUT2D eigenvalue weighted by atomic mass is 32.1. The van der Waals surface area contributed by atoms with E-state index < -0.39 is 0 Å². The molecule has 5 heteroatoms. The zero-order valence-corrected chi connectivity index (χ0v) is 13.6. The van der Waals surface area contributed by atoms with Crippen LogP contribution in [0.2, 0.25) is 0 Å². The number of thiocarbonyl (C=S) groups is 1. The Balaban J connectivity index is 1.79. The highest BCUT2D eigenvalue weighted by molar-refractivity contribution is 7.80. The molecule has 2 aromatic rings. The van der Waals surface area contributed by atoms with Crippen LogP contribution >= 0.6 is 12.2 Å². The Labute approximate surface area is 131 Å². The molecule has 0 unspecified atom stereocenters. The van der Waals surface area contributed by atoms with Crippen molar-refractivity contribution in [2.24, 2.45) is 0 Å². The molecule has 0 aliphatic heterocycles. The molecule has 0 saturated carbocycles. The van der Waals surface area contributed by atoms with Gasteiger partial charge in [0.25, 0.3) is 0 Å². The van der Waals surface area contributed by atoms with Crippen molar-refractivity contribution in [3.8, 4) is 0 Å². The standard InChI is InChI=1S/C16H22N4S/c1-4-20-11-15(13(3)19-20)10-18-16(21)17-9-14-7-5-12(2)6-8-14/h5-8,11H,4,9-10H2,1-3H3,(H2,17,18,21). The molecule has 0 spiro atoms. The molecule has 0 amide bonds. The van der Waals surface area contributed by atoms with Crippen molar-refractivity contribution >= 4 is 17.3 Å². The first kappa shape index (κ1) is 15.5. The van der Waals surface area contributed by atoms with Crippen molar-refractivity contribution in [3.05, 3.63) is 52.8 Å². The lowest BCUT2D eigenvalue weighted by atomic mass is 10.1. The average Bonchev–Trinajstić information content (AvgIpc) is 2.85. The van der Waals surface area contributed by atoms with Crippen molar-refractivity contribution in [2.45, 2.75) is 40.4 Å². The number of hydrogen-bond donors (Lipinski definition) is 2. The molecule has 1 heterocycles. The third kappa shape index (κ3) is 4.56. The van der Waals surface area contributed by atoms with Crippen LogP contribution in [0.4, 0.5) is 0 Å². The summed E-state index contributed by atoms with van der Waals surface area (Å²) in [5, 5.41) is 11.5. The minimum absolute atomic E-state index is 0.666. The molecule has 0 bridgehead atoms. The fraction of sp³-hybridized carbons (Fsp3) is 0.375. The van der Waals surface area contributed by atoms with Crippen molar-refractivity contribution in [2.75, 3.05) is 0 Å². The molecule has 0 saturated heterocycles. The van der Waals surface area contributed by atoms with Gasteiger partial charge in [-0.05, 0) is 38.6 Å². The van der Waals surface area contributed by atoms with Gasteiger partial charge in [-0.25, -0.2) is 0 Å². The normalized spacial score (nSPS) is 10.4. The molecule has 1 aromatic carbocycles. The van der Waals surface area contributed by atoms with E-state index in [1.165, 1.54) is 16.7 Å². The van der Waals surface area contributed by atoms with E-state index in [2.05, 4.69) is 60.0 Å². The molecule has 2 N–H and O–H groups in total. The van der Waals surface area contributed by atoms with Gasteiger partial charge in [0, 0.05) is 31.4 Å². The Hall–Kier alpha value is -1.88. The van der Waals surface area contributed by atoms with Gasteiger partial charge in [0.2, 0.25) is 0 Å². The Morgan fingerprint density at radius 1 is 1.14 bits per heavy atom. The van der Waals surface area contributed by atoms with Crippen molar-refractivity contribution in [1.82, 2.24) is 20.4 Å². The summed E-state index contributed by atoms with van der Waals surface area (Å²) in [6.45, 7) is 8.51. The second-order valence-electron chi connectivity index (χ2n) is 5.12. The van der Waals surface area contributed by atoms with Crippen LogP contribution in [0.25, 0.3) is 0 Å². The maximum Gasteiger partial charge on any atom is 0.166 e. The van der Waals surface area contributed by atoms with Gasteiger partial charge < -0.3 is 10.6 Å². The Morgan fingerprint density at radius 3 is 2.43 bits per heavy atom. The summed E-state index contributed by atoms with van der Waals surface area (Å²) in [7, 11) is 0. The molecule has 2 rings (SSSR count). The number of aromatic nitrogens is 2. The predicted octanol–water partition coefficient (Wildman–Crippen LogP) is 2.68. The molecule has 1 aromatic heterocycles. The number of aryl methyl sites for hydroxylation is 3. The lowest BCUT2D eigenvalue weighted by molar-refractivity contribution is 0.653. The topological polar surface area (TPSA) is 41.9 Å². The van der Waals surface area contributed by atoms with Crippen LogP contribution in [0.3, 0.4) is 0 Å². The first-order chi connectivity index (χ1) is 10.1. The Bertz CT molecular complexity index is 601. The van der Waals surface area contributed by atoms with E-state index in [1.807, 2.05) is 11.6 Å². The van der Waals surface area contributed by atoms with Crippen LogP contribution in [0.15, 0.2) is 30.5 Å². The Kier molecular flexibility index (Phi) is 5.33. The van der Waals surface area contributed by atoms with E-state index in [9.17, 15) is 0 Å². The largest absolute Gasteiger partial charge is 0.359 e. The van der Waals surface area contributed by atoms with Crippen LogP contribution in [-0.2, 0) is 19.6 Å². The fourth-order valence-electron chi connectivity index (χ4n) is 2.02. The zero-order chi connectivity index (χ0) is 15.2. The maximum atomic E-state index is 5.31. The minimum Gasteiger partial charge on any atom is -0.359 e. The second kappa shape index (κ2) is 7.22. The number of rotatable bonds is 5. The molecular formula is C16H22N4S. The first-order valence-corrected chi connectivity index (χ1v) is 7.59. The third-order valence-corrected chi connectivity index (χ3v) is 3.67. The average molecular weight is 302 g/mol. The van der Waals surface area contributed by atoms with Crippen LogP contribution in [0.5, 0.6) is 0 Å². The van der Waals surface area contributed by atoms with E-state index in [4.69, 9.17) is 12.2 Å². The molecule has 112 valence electrons. The summed E-state index contributed by atoms with van der Waals surface area (Å²) >= 11 is 5.31. The van der Waals surface area contributed by atoms with Gasteiger partial charge in [-0.3, -0.25) is 4.68 Å². The smallest absolute Gasteiger partial charge is 0.166 e. The van der Waals surface area contributed by atoms with Crippen molar-refractivity contribution < 1.29 is 0 Å². The molecular weight excluding hydrogens is 280 g/mol. The monoisotopic (exact) mass is 302 g/mol. The second-order valence-corrected chi connectivity index (χ2v) is 5.53. The third-order valence-electron chi connectivity index (χ3n) is 3.39. The summed E-state index contributed by atoms with van der Waals surface area (Å²) in [5.41, 5.74) is 4.71.